The van der Waals surface area contributed by atoms with Crippen molar-refractivity contribution in [1.29, 1.82) is 0 Å². The lowest BCUT2D eigenvalue weighted by Gasteiger charge is -2.00. The molecular formula is C10H13NO3. The molecule has 0 radical (unpaired) electrons. The van der Waals surface area contributed by atoms with Gasteiger partial charge in [-0.2, -0.15) is 0 Å². The summed E-state index contributed by atoms with van der Waals surface area (Å²) in [6.07, 6.45) is 3.36. The van der Waals surface area contributed by atoms with Crippen molar-refractivity contribution in [3.8, 4) is 0 Å². The van der Waals surface area contributed by atoms with Crippen molar-refractivity contribution < 1.29 is 14.3 Å². The molecule has 1 aromatic heterocycles. The van der Waals surface area contributed by atoms with Crippen molar-refractivity contribution in [1.82, 2.24) is 4.98 Å². The quantitative estimate of drug-likeness (QED) is 0.581. The van der Waals surface area contributed by atoms with Crippen LogP contribution in [0.15, 0.2) is 6.20 Å². The van der Waals surface area contributed by atoms with E-state index in [1.54, 1.807) is 6.20 Å². The van der Waals surface area contributed by atoms with Crippen molar-refractivity contribution in [2.24, 2.45) is 0 Å². The number of hydrogen-bond acceptors (Lipinski definition) is 3. The Morgan fingerprint density at radius 3 is 2.93 bits per heavy atom. The van der Waals surface area contributed by atoms with E-state index in [1.807, 2.05) is 6.92 Å². The summed E-state index contributed by atoms with van der Waals surface area (Å²) in [5.74, 6) is -0.262. The molecule has 1 aromatic rings. The molecule has 4 nitrogen and oxygen atoms in total. The Morgan fingerprint density at radius 1 is 1.64 bits per heavy atom. The van der Waals surface area contributed by atoms with E-state index in [2.05, 4.69) is 9.72 Å². The van der Waals surface area contributed by atoms with Gasteiger partial charge in [0.25, 0.3) is 0 Å². The Hall–Kier alpha value is -1.58. The monoisotopic (exact) mass is 195 g/mol. The van der Waals surface area contributed by atoms with Crippen LogP contribution in [0.25, 0.3) is 0 Å². The highest BCUT2D eigenvalue weighted by Gasteiger charge is 2.09. The third kappa shape index (κ3) is 2.22. The summed E-state index contributed by atoms with van der Waals surface area (Å²) < 4.78 is 4.52. The van der Waals surface area contributed by atoms with Gasteiger partial charge in [0.1, 0.15) is 0 Å². The van der Waals surface area contributed by atoms with Gasteiger partial charge in [0.05, 0.1) is 12.8 Å². The number of hydrogen-bond donors (Lipinski definition) is 1. The zero-order valence-corrected chi connectivity index (χ0v) is 8.29. The number of esters is 1. The number of ether oxygens (including phenoxy) is 1. The van der Waals surface area contributed by atoms with Gasteiger partial charge in [0.2, 0.25) is 0 Å². The van der Waals surface area contributed by atoms with Crippen molar-refractivity contribution >= 4 is 12.3 Å². The summed E-state index contributed by atoms with van der Waals surface area (Å²) in [5.41, 5.74) is 2.44. The first-order valence-electron chi connectivity index (χ1n) is 4.38. The molecule has 1 heterocycles. The number of aldehydes is 1. The minimum absolute atomic E-state index is 0.262. The highest BCUT2D eigenvalue weighted by Crippen LogP contribution is 2.13. The molecule has 0 atom stereocenters. The van der Waals surface area contributed by atoms with Crippen molar-refractivity contribution in [2.45, 2.75) is 19.8 Å². The molecule has 0 aliphatic carbocycles. The van der Waals surface area contributed by atoms with Gasteiger partial charge in [-0.1, -0.05) is 0 Å². The summed E-state index contributed by atoms with van der Waals surface area (Å²) in [4.78, 5) is 24.3. The average molecular weight is 195 g/mol. The molecule has 4 heteroatoms. The Kier molecular flexibility index (Phi) is 3.45. The number of carbonyl (C=O) groups excluding carboxylic acids is 2. The second kappa shape index (κ2) is 4.60. The fourth-order valence-electron chi connectivity index (χ4n) is 1.34. The zero-order chi connectivity index (χ0) is 10.6. The predicted molar refractivity (Wildman–Crippen MR) is 51.3 cm³/mol. The maximum atomic E-state index is 10.9. The average Bonchev–Trinajstić information content (AvgIpc) is 2.55. The van der Waals surface area contributed by atoms with Gasteiger partial charge in [-0.05, 0) is 24.5 Å². The second-order valence-corrected chi connectivity index (χ2v) is 3.06. The van der Waals surface area contributed by atoms with Crippen LogP contribution in [0.2, 0.25) is 0 Å². The Bertz CT molecular complexity index is 341. The molecule has 76 valence electrons. The molecule has 0 unspecified atom stereocenters. The lowest BCUT2D eigenvalue weighted by molar-refractivity contribution is -0.140. The van der Waals surface area contributed by atoms with Gasteiger partial charge in [-0.3, -0.25) is 9.59 Å². The molecule has 0 bridgehead atoms. The largest absolute Gasteiger partial charge is 0.469 e. The molecule has 1 rings (SSSR count). The van der Waals surface area contributed by atoms with Crippen LogP contribution in [0.3, 0.4) is 0 Å². The molecule has 0 spiro atoms. The van der Waals surface area contributed by atoms with Crippen molar-refractivity contribution in [3.63, 3.8) is 0 Å². The van der Waals surface area contributed by atoms with Crippen LogP contribution in [0.1, 0.15) is 28.0 Å². The van der Waals surface area contributed by atoms with Crippen LogP contribution in [-0.4, -0.2) is 24.3 Å². The first kappa shape index (κ1) is 10.5. The number of carbonyl (C=O) groups is 2. The number of methoxy groups -OCH3 is 1. The smallest absolute Gasteiger partial charge is 0.305 e. The van der Waals surface area contributed by atoms with Crippen LogP contribution in [0, 0.1) is 6.92 Å². The van der Waals surface area contributed by atoms with Crippen LogP contribution in [0.5, 0.6) is 0 Å². The molecule has 0 fully saturated rings. The van der Waals surface area contributed by atoms with E-state index in [1.165, 1.54) is 7.11 Å². The normalized spacial score (nSPS) is 9.86. The lowest BCUT2D eigenvalue weighted by Crippen LogP contribution is -2.03. The van der Waals surface area contributed by atoms with E-state index >= 15 is 0 Å². The summed E-state index contributed by atoms with van der Waals surface area (Å²) in [6, 6.07) is 0. The zero-order valence-electron chi connectivity index (χ0n) is 8.29. The maximum Gasteiger partial charge on any atom is 0.305 e. The number of aryl methyl sites for hydroxylation is 1. The van der Waals surface area contributed by atoms with Crippen molar-refractivity contribution in [3.05, 3.63) is 23.0 Å². The number of aromatic nitrogens is 1. The van der Waals surface area contributed by atoms with Gasteiger partial charge >= 0.3 is 5.97 Å². The number of H-pyrrole nitrogens is 1. The standard InChI is InChI=1S/C10H13NO3/c1-7-5-11-9(6-12)8(7)3-4-10(13)14-2/h5-6,11H,3-4H2,1-2H3. The van der Waals surface area contributed by atoms with E-state index in [-0.39, 0.29) is 5.97 Å². The molecule has 0 aliphatic heterocycles. The summed E-state index contributed by atoms with van der Waals surface area (Å²) in [6.45, 7) is 1.90. The van der Waals surface area contributed by atoms with E-state index in [9.17, 15) is 9.59 Å². The van der Waals surface area contributed by atoms with Crippen LogP contribution in [0.4, 0.5) is 0 Å². The maximum absolute atomic E-state index is 10.9. The van der Waals surface area contributed by atoms with Crippen LogP contribution >= 0.6 is 0 Å². The molecule has 0 aliphatic rings. The topological polar surface area (TPSA) is 59.2 Å². The van der Waals surface area contributed by atoms with Gasteiger partial charge in [0, 0.05) is 12.6 Å². The first-order valence-corrected chi connectivity index (χ1v) is 4.38. The Morgan fingerprint density at radius 2 is 2.36 bits per heavy atom. The highest BCUT2D eigenvalue weighted by molar-refractivity contribution is 5.76. The number of rotatable bonds is 4. The predicted octanol–water partition coefficient (Wildman–Crippen LogP) is 1.24. The number of aromatic amines is 1. The summed E-state index contributed by atoms with van der Waals surface area (Å²) >= 11 is 0. The molecule has 0 aromatic carbocycles. The molecule has 1 N–H and O–H groups in total. The third-order valence-corrected chi connectivity index (χ3v) is 2.17. The molecule has 14 heavy (non-hydrogen) atoms. The summed E-state index contributed by atoms with van der Waals surface area (Å²) in [7, 11) is 1.35. The van der Waals surface area contributed by atoms with E-state index < -0.39 is 0 Å². The van der Waals surface area contributed by atoms with Gasteiger partial charge in [0.15, 0.2) is 6.29 Å². The molecule has 0 amide bonds. The van der Waals surface area contributed by atoms with Crippen LogP contribution < -0.4 is 0 Å². The summed E-state index contributed by atoms with van der Waals surface area (Å²) in [5, 5.41) is 0. The van der Waals surface area contributed by atoms with Gasteiger partial charge in [-0.15, -0.1) is 0 Å². The third-order valence-electron chi connectivity index (χ3n) is 2.17. The SMILES string of the molecule is COC(=O)CCc1c(C)c[nH]c1C=O. The highest BCUT2D eigenvalue weighted by atomic mass is 16.5. The van der Waals surface area contributed by atoms with Gasteiger partial charge in [-0.25, -0.2) is 0 Å². The van der Waals surface area contributed by atoms with Crippen molar-refractivity contribution in [2.75, 3.05) is 7.11 Å². The van der Waals surface area contributed by atoms with E-state index in [4.69, 9.17) is 0 Å². The van der Waals surface area contributed by atoms with Gasteiger partial charge < -0.3 is 9.72 Å². The number of nitrogens with one attached hydrogen (secondary N) is 1. The molecular weight excluding hydrogens is 182 g/mol. The van der Waals surface area contributed by atoms with E-state index in [0.29, 0.717) is 18.5 Å². The minimum atomic E-state index is -0.262. The molecule has 0 saturated heterocycles. The first-order chi connectivity index (χ1) is 6.69. The minimum Gasteiger partial charge on any atom is -0.469 e. The lowest BCUT2D eigenvalue weighted by atomic mass is 10.1. The Balaban J connectivity index is 2.70. The Labute approximate surface area is 82.3 Å². The fraction of sp³-hybridized carbons (Fsp3) is 0.400. The second-order valence-electron chi connectivity index (χ2n) is 3.06. The van der Waals surface area contributed by atoms with E-state index in [0.717, 1.165) is 17.4 Å². The molecule has 0 saturated carbocycles. The van der Waals surface area contributed by atoms with Crippen LogP contribution in [-0.2, 0) is 16.0 Å². The fourth-order valence-corrected chi connectivity index (χ4v) is 1.34.